The Hall–Kier alpha value is -1.06. The zero-order chi connectivity index (χ0) is 13.3. The average Bonchev–Trinajstić information content (AvgIpc) is 2.79. The van der Waals surface area contributed by atoms with Crippen LogP contribution in [0.3, 0.4) is 0 Å². The van der Waals surface area contributed by atoms with E-state index >= 15 is 0 Å². The molecule has 1 aliphatic carbocycles. The first kappa shape index (κ1) is 12.9. The van der Waals surface area contributed by atoms with E-state index in [4.69, 9.17) is 9.47 Å². The maximum Gasteiger partial charge on any atom is 0.125 e. The van der Waals surface area contributed by atoms with Gasteiger partial charge in [-0.25, -0.2) is 0 Å². The number of para-hydroxylation sites is 1. The molecule has 19 heavy (non-hydrogen) atoms. The summed E-state index contributed by atoms with van der Waals surface area (Å²) in [6.45, 7) is 2.15. The maximum absolute atomic E-state index is 6.19. The van der Waals surface area contributed by atoms with E-state index in [1.54, 1.807) is 7.11 Å². The Morgan fingerprint density at radius 1 is 1.42 bits per heavy atom. The van der Waals surface area contributed by atoms with Crippen molar-refractivity contribution >= 4 is 0 Å². The lowest BCUT2D eigenvalue weighted by molar-refractivity contribution is -0.00668. The van der Waals surface area contributed by atoms with E-state index in [0.717, 1.165) is 25.0 Å². The quantitative estimate of drug-likeness (QED) is 0.844. The average molecular weight is 261 g/mol. The minimum Gasteiger partial charge on any atom is -0.488 e. The van der Waals surface area contributed by atoms with Gasteiger partial charge in [-0.3, -0.25) is 5.32 Å². The summed E-state index contributed by atoms with van der Waals surface area (Å²) in [5, 5.41) is 3.74. The summed E-state index contributed by atoms with van der Waals surface area (Å²) in [5.74, 6) is 1.05. The molecule has 2 aliphatic rings. The number of rotatable bonds is 4. The smallest absolute Gasteiger partial charge is 0.125 e. The van der Waals surface area contributed by atoms with Crippen LogP contribution in [0.1, 0.15) is 44.6 Å². The van der Waals surface area contributed by atoms with Crippen molar-refractivity contribution in [2.45, 2.75) is 56.9 Å². The largest absolute Gasteiger partial charge is 0.488 e. The molecule has 1 aromatic rings. The zero-order valence-electron chi connectivity index (χ0n) is 11.8. The van der Waals surface area contributed by atoms with Gasteiger partial charge in [0.25, 0.3) is 0 Å². The van der Waals surface area contributed by atoms with Gasteiger partial charge < -0.3 is 9.47 Å². The second-order valence-electron chi connectivity index (χ2n) is 5.60. The van der Waals surface area contributed by atoms with E-state index in [9.17, 15) is 0 Å². The predicted molar refractivity (Wildman–Crippen MR) is 75.2 cm³/mol. The second-order valence-corrected chi connectivity index (χ2v) is 5.60. The first-order valence-electron chi connectivity index (χ1n) is 7.37. The zero-order valence-corrected chi connectivity index (χ0v) is 11.8. The van der Waals surface area contributed by atoms with Crippen LogP contribution in [0.15, 0.2) is 24.3 Å². The van der Waals surface area contributed by atoms with Crippen molar-refractivity contribution in [1.29, 1.82) is 0 Å². The third kappa shape index (κ3) is 2.05. The van der Waals surface area contributed by atoms with Crippen molar-refractivity contribution in [3.8, 4) is 5.75 Å². The van der Waals surface area contributed by atoms with Crippen molar-refractivity contribution < 1.29 is 9.47 Å². The van der Waals surface area contributed by atoms with Crippen molar-refractivity contribution in [1.82, 2.24) is 5.32 Å². The van der Waals surface area contributed by atoms with Crippen molar-refractivity contribution in [3.05, 3.63) is 29.8 Å². The highest BCUT2D eigenvalue weighted by Crippen LogP contribution is 2.48. The fourth-order valence-electron chi connectivity index (χ4n) is 3.56. The Labute approximate surface area is 115 Å². The molecule has 3 heteroatoms. The van der Waals surface area contributed by atoms with Gasteiger partial charge in [-0.05, 0) is 31.7 Å². The highest BCUT2D eigenvalue weighted by molar-refractivity contribution is 5.45. The van der Waals surface area contributed by atoms with Gasteiger partial charge in [0.2, 0.25) is 0 Å². The summed E-state index contributed by atoms with van der Waals surface area (Å²) < 4.78 is 11.7. The fourth-order valence-corrected chi connectivity index (χ4v) is 3.56. The number of nitrogens with one attached hydrogen (secondary N) is 1. The first-order valence-corrected chi connectivity index (χ1v) is 7.37. The molecule has 3 rings (SSSR count). The number of benzene rings is 1. The van der Waals surface area contributed by atoms with Gasteiger partial charge in [-0.2, -0.15) is 0 Å². The molecule has 0 saturated heterocycles. The van der Waals surface area contributed by atoms with Crippen molar-refractivity contribution in [2.75, 3.05) is 7.11 Å². The number of methoxy groups -OCH3 is 1. The van der Waals surface area contributed by atoms with Crippen LogP contribution in [-0.2, 0) is 10.3 Å². The third-order valence-corrected chi connectivity index (χ3v) is 4.55. The van der Waals surface area contributed by atoms with Gasteiger partial charge in [0, 0.05) is 12.7 Å². The van der Waals surface area contributed by atoms with Crippen LogP contribution in [0.2, 0.25) is 0 Å². The first-order chi connectivity index (χ1) is 9.30. The van der Waals surface area contributed by atoms with Gasteiger partial charge in [-0.15, -0.1) is 0 Å². The van der Waals surface area contributed by atoms with Crippen LogP contribution in [0, 0.1) is 0 Å². The van der Waals surface area contributed by atoms with E-state index < -0.39 is 0 Å². The Morgan fingerprint density at radius 3 is 3.05 bits per heavy atom. The summed E-state index contributed by atoms with van der Waals surface area (Å²) in [7, 11) is 1.78. The van der Waals surface area contributed by atoms with Gasteiger partial charge in [0.1, 0.15) is 18.1 Å². The molecule has 1 N–H and O–H groups in total. The highest BCUT2D eigenvalue weighted by atomic mass is 16.5. The van der Waals surface area contributed by atoms with E-state index in [1.807, 2.05) is 0 Å². The van der Waals surface area contributed by atoms with E-state index in [2.05, 4.69) is 36.5 Å². The second kappa shape index (κ2) is 5.14. The Bertz CT molecular complexity index is 444. The van der Waals surface area contributed by atoms with Crippen LogP contribution < -0.4 is 10.1 Å². The maximum atomic E-state index is 6.19. The molecule has 0 amide bonds. The molecule has 3 nitrogen and oxygen atoms in total. The predicted octanol–water partition coefficient (Wildman–Crippen LogP) is 3.19. The lowest BCUT2D eigenvalue weighted by Crippen LogP contribution is -2.56. The molecule has 1 aliphatic heterocycles. The van der Waals surface area contributed by atoms with Gasteiger partial charge in [-0.1, -0.05) is 31.5 Å². The lowest BCUT2D eigenvalue weighted by atomic mass is 9.75. The van der Waals surface area contributed by atoms with Crippen LogP contribution >= 0.6 is 0 Å². The molecule has 1 saturated carbocycles. The van der Waals surface area contributed by atoms with Crippen LogP contribution in [-0.4, -0.2) is 19.4 Å². The lowest BCUT2D eigenvalue weighted by Gasteiger charge is -2.41. The molecule has 0 radical (unpaired) electrons. The van der Waals surface area contributed by atoms with Crippen molar-refractivity contribution in [2.24, 2.45) is 0 Å². The fraction of sp³-hybridized carbons (Fsp3) is 0.625. The normalized spacial score (nSPS) is 30.3. The minimum absolute atomic E-state index is 0.0501. The molecule has 0 aromatic heterocycles. The number of ether oxygens (including phenoxy) is 2. The Morgan fingerprint density at radius 2 is 2.26 bits per heavy atom. The van der Waals surface area contributed by atoms with Gasteiger partial charge in [0.05, 0.1) is 5.54 Å². The number of fused-ring (bicyclic) bond motifs is 3. The molecule has 1 aromatic carbocycles. The number of hydrogen-bond acceptors (Lipinski definition) is 3. The minimum atomic E-state index is -0.0501. The summed E-state index contributed by atoms with van der Waals surface area (Å²) in [6.07, 6.45) is 6.08. The highest BCUT2D eigenvalue weighted by Gasteiger charge is 2.50. The Balaban J connectivity index is 1.97. The van der Waals surface area contributed by atoms with Crippen LogP contribution in [0.25, 0.3) is 0 Å². The molecular weight excluding hydrogens is 238 g/mol. The summed E-state index contributed by atoms with van der Waals surface area (Å²) >= 11 is 0. The Kier molecular flexibility index (Phi) is 3.50. The summed E-state index contributed by atoms with van der Waals surface area (Å²) in [4.78, 5) is 0. The van der Waals surface area contributed by atoms with Crippen LogP contribution in [0.4, 0.5) is 0 Å². The monoisotopic (exact) mass is 261 g/mol. The number of hydrogen-bond donors (Lipinski definition) is 1. The molecule has 104 valence electrons. The molecule has 0 spiro atoms. The summed E-state index contributed by atoms with van der Waals surface area (Å²) in [5.41, 5.74) is 1.26. The SMILES string of the molecule is CCC(NC12CCCCC1Oc1ccccc12)OC. The van der Waals surface area contributed by atoms with Crippen molar-refractivity contribution in [3.63, 3.8) is 0 Å². The van der Waals surface area contributed by atoms with Crippen LogP contribution in [0.5, 0.6) is 5.75 Å². The molecule has 1 fully saturated rings. The topological polar surface area (TPSA) is 30.5 Å². The third-order valence-electron chi connectivity index (χ3n) is 4.55. The van der Waals surface area contributed by atoms with Gasteiger partial charge >= 0.3 is 0 Å². The van der Waals surface area contributed by atoms with E-state index in [1.165, 1.54) is 18.4 Å². The van der Waals surface area contributed by atoms with Gasteiger partial charge in [0.15, 0.2) is 0 Å². The standard InChI is InChI=1S/C16H23NO2/c1-3-15(18-2)17-16-11-7-6-10-14(16)19-13-9-5-4-8-12(13)16/h4-5,8-9,14-15,17H,3,6-7,10-11H2,1-2H3. The van der Waals surface area contributed by atoms with E-state index in [-0.39, 0.29) is 17.9 Å². The molecule has 1 heterocycles. The molecule has 0 bridgehead atoms. The summed E-state index contributed by atoms with van der Waals surface area (Å²) in [6, 6.07) is 8.45. The molecule has 3 atom stereocenters. The van der Waals surface area contributed by atoms with E-state index in [0.29, 0.717) is 0 Å². The molecule has 3 unspecified atom stereocenters. The molecular formula is C16H23NO2.